The molecule has 2 fully saturated rings. The van der Waals surface area contributed by atoms with Gasteiger partial charge in [-0.05, 0) is 62.9 Å². The lowest BCUT2D eigenvalue weighted by atomic mass is 10.1. The number of benzene rings is 1. The fourth-order valence-electron chi connectivity index (χ4n) is 3.81. The van der Waals surface area contributed by atoms with Gasteiger partial charge in [-0.1, -0.05) is 12.8 Å². The summed E-state index contributed by atoms with van der Waals surface area (Å²) in [5, 5.41) is 6.20. The van der Waals surface area contributed by atoms with E-state index in [1.165, 1.54) is 13.2 Å². The number of carbonyl (C=O) groups excluding carboxylic acids is 1. The minimum Gasteiger partial charge on any atom is -0.495 e. The van der Waals surface area contributed by atoms with Crippen molar-refractivity contribution in [3.8, 4) is 5.75 Å². The summed E-state index contributed by atoms with van der Waals surface area (Å²) in [6.45, 7) is 2.61. The number of amides is 1. The summed E-state index contributed by atoms with van der Waals surface area (Å²) in [5.41, 5.74) is 0.326. The van der Waals surface area contributed by atoms with Gasteiger partial charge in [0.2, 0.25) is 10.0 Å². The van der Waals surface area contributed by atoms with Crippen LogP contribution in [0.1, 0.15) is 48.9 Å². The molecule has 1 saturated heterocycles. The topological polar surface area (TPSA) is 96.5 Å². The maximum atomic E-state index is 12.8. The molecule has 1 saturated carbocycles. The normalized spacial score (nSPS) is 20.7. The van der Waals surface area contributed by atoms with Crippen LogP contribution in [0, 0.1) is 5.92 Å². The van der Waals surface area contributed by atoms with E-state index in [9.17, 15) is 13.2 Å². The standard InChI is InChI=1S/C19H29N3O4S/c1-26-17-7-6-15(19(23)21-11-9-14-8-10-20-13-14)12-18(17)27(24,25)22-16-4-2-3-5-16/h6-7,12,14,16,20,22H,2-5,8-11,13H2,1H3,(H,21,23). The van der Waals surface area contributed by atoms with Gasteiger partial charge < -0.3 is 15.4 Å². The average Bonchev–Trinajstić information content (AvgIpc) is 3.35. The number of carbonyl (C=O) groups is 1. The van der Waals surface area contributed by atoms with Crippen molar-refractivity contribution in [1.29, 1.82) is 0 Å². The molecule has 3 rings (SSSR count). The van der Waals surface area contributed by atoms with Crippen LogP contribution in [0.15, 0.2) is 23.1 Å². The van der Waals surface area contributed by atoms with E-state index in [1.807, 2.05) is 0 Å². The van der Waals surface area contributed by atoms with Crippen molar-refractivity contribution in [2.75, 3.05) is 26.7 Å². The molecule has 1 amide bonds. The first-order valence-corrected chi connectivity index (χ1v) is 11.2. The number of methoxy groups -OCH3 is 1. The molecule has 1 heterocycles. The van der Waals surface area contributed by atoms with Gasteiger partial charge in [-0.25, -0.2) is 13.1 Å². The smallest absolute Gasteiger partial charge is 0.251 e. The van der Waals surface area contributed by atoms with Crippen LogP contribution in [0.5, 0.6) is 5.75 Å². The summed E-state index contributed by atoms with van der Waals surface area (Å²) in [6, 6.07) is 4.50. The molecular formula is C19H29N3O4S. The summed E-state index contributed by atoms with van der Waals surface area (Å²) in [7, 11) is -2.31. The number of nitrogens with one attached hydrogen (secondary N) is 3. The Kier molecular flexibility index (Phi) is 6.73. The highest BCUT2D eigenvalue weighted by molar-refractivity contribution is 7.89. The van der Waals surface area contributed by atoms with Crippen LogP contribution < -0.4 is 20.1 Å². The second-order valence-electron chi connectivity index (χ2n) is 7.37. The maximum Gasteiger partial charge on any atom is 0.251 e. The second-order valence-corrected chi connectivity index (χ2v) is 9.05. The fraction of sp³-hybridized carbons (Fsp3) is 0.632. The first-order chi connectivity index (χ1) is 13.0. The third-order valence-corrected chi connectivity index (χ3v) is 6.93. The molecule has 1 unspecified atom stereocenters. The Balaban J connectivity index is 1.69. The molecule has 1 aromatic rings. The average molecular weight is 396 g/mol. The van der Waals surface area contributed by atoms with Gasteiger partial charge in [0.15, 0.2) is 0 Å². The van der Waals surface area contributed by atoms with Gasteiger partial charge in [-0.3, -0.25) is 4.79 Å². The zero-order valence-corrected chi connectivity index (χ0v) is 16.6. The molecule has 3 N–H and O–H groups in total. The van der Waals surface area contributed by atoms with Gasteiger partial charge >= 0.3 is 0 Å². The largest absolute Gasteiger partial charge is 0.495 e. The van der Waals surface area contributed by atoms with Crippen LogP contribution in [-0.4, -0.2) is 47.1 Å². The van der Waals surface area contributed by atoms with Crippen LogP contribution in [-0.2, 0) is 10.0 Å². The van der Waals surface area contributed by atoms with E-state index < -0.39 is 10.0 Å². The molecule has 1 aliphatic heterocycles. The Morgan fingerprint density at radius 3 is 2.70 bits per heavy atom. The second kappa shape index (κ2) is 9.03. The Labute approximate surface area is 161 Å². The molecule has 0 radical (unpaired) electrons. The van der Waals surface area contributed by atoms with Crippen molar-refractivity contribution >= 4 is 15.9 Å². The SMILES string of the molecule is COc1ccc(C(=O)NCCC2CCNC2)cc1S(=O)(=O)NC1CCCC1. The highest BCUT2D eigenvalue weighted by Gasteiger charge is 2.26. The highest BCUT2D eigenvalue weighted by atomic mass is 32.2. The molecule has 2 aliphatic rings. The van der Waals surface area contributed by atoms with E-state index in [-0.39, 0.29) is 22.6 Å². The first kappa shape index (κ1) is 20.1. The number of ether oxygens (including phenoxy) is 1. The van der Waals surface area contributed by atoms with Gasteiger partial charge in [-0.15, -0.1) is 0 Å². The van der Waals surface area contributed by atoms with Crippen molar-refractivity contribution in [2.45, 2.75) is 49.5 Å². The summed E-state index contributed by atoms with van der Waals surface area (Å²) < 4.78 is 33.6. The third-order valence-electron chi connectivity index (χ3n) is 5.39. The monoisotopic (exact) mass is 395 g/mol. The van der Waals surface area contributed by atoms with Crippen LogP contribution in [0.25, 0.3) is 0 Å². The van der Waals surface area contributed by atoms with Crippen LogP contribution >= 0.6 is 0 Å². The molecule has 7 nitrogen and oxygen atoms in total. The minimum atomic E-state index is -3.74. The molecular weight excluding hydrogens is 366 g/mol. The number of rotatable bonds is 8. The Bertz CT molecular complexity index is 754. The molecule has 8 heteroatoms. The lowest BCUT2D eigenvalue weighted by Crippen LogP contribution is -2.33. The molecule has 1 atom stereocenters. The van der Waals surface area contributed by atoms with Crippen molar-refractivity contribution in [1.82, 2.24) is 15.4 Å². The van der Waals surface area contributed by atoms with Crippen LogP contribution in [0.2, 0.25) is 0 Å². The molecule has 1 aliphatic carbocycles. The molecule has 0 spiro atoms. The van der Waals surface area contributed by atoms with Gasteiger partial charge in [0.25, 0.3) is 5.91 Å². The quantitative estimate of drug-likeness (QED) is 0.622. The lowest BCUT2D eigenvalue weighted by Gasteiger charge is -2.16. The van der Waals surface area contributed by atoms with Gasteiger partial charge in [0, 0.05) is 18.2 Å². The van der Waals surface area contributed by atoms with Gasteiger partial charge in [0.1, 0.15) is 10.6 Å². The minimum absolute atomic E-state index is 0.0181. The predicted octanol–water partition coefficient (Wildman–Crippen LogP) is 1.65. The first-order valence-electron chi connectivity index (χ1n) is 9.69. The number of sulfonamides is 1. The van der Waals surface area contributed by atoms with E-state index in [4.69, 9.17) is 4.74 Å². The van der Waals surface area contributed by atoms with E-state index in [0.29, 0.717) is 18.0 Å². The molecule has 1 aromatic carbocycles. The van der Waals surface area contributed by atoms with Crippen LogP contribution in [0.3, 0.4) is 0 Å². The molecule has 0 bridgehead atoms. The Morgan fingerprint density at radius 2 is 2.04 bits per heavy atom. The van der Waals surface area contributed by atoms with E-state index in [1.54, 1.807) is 12.1 Å². The van der Waals surface area contributed by atoms with Gasteiger partial charge in [-0.2, -0.15) is 0 Å². The van der Waals surface area contributed by atoms with Crippen LogP contribution in [0.4, 0.5) is 0 Å². The predicted molar refractivity (Wildman–Crippen MR) is 103 cm³/mol. The number of hydrogen-bond acceptors (Lipinski definition) is 5. The Morgan fingerprint density at radius 1 is 1.26 bits per heavy atom. The van der Waals surface area contributed by atoms with Crippen molar-refractivity contribution in [3.63, 3.8) is 0 Å². The summed E-state index contributed by atoms with van der Waals surface area (Å²) in [4.78, 5) is 12.5. The van der Waals surface area contributed by atoms with Gasteiger partial charge in [0.05, 0.1) is 7.11 Å². The van der Waals surface area contributed by atoms with Crippen molar-refractivity contribution in [3.05, 3.63) is 23.8 Å². The maximum absolute atomic E-state index is 12.8. The van der Waals surface area contributed by atoms with Crippen molar-refractivity contribution in [2.24, 2.45) is 5.92 Å². The summed E-state index contributed by atoms with van der Waals surface area (Å²) >= 11 is 0. The highest BCUT2D eigenvalue weighted by Crippen LogP contribution is 2.27. The fourth-order valence-corrected chi connectivity index (χ4v) is 5.31. The zero-order chi connectivity index (χ0) is 19.3. The zero-order valence-electron chi connectivity index (χ0n) is 15.8. The summed E-state index contributed by atoms with van der Waals surface area (Å²) in [6.07, 6.45) is 5.80. The molecule has 0 aromatic heterocycles. The van der Waals surface area contributed by atoms with E-state index in [2.05, 4.69) is 15.4 Å². The Hall–Kier alpha value is -1.64. The number of hydrogen-bond donors (Lipinski definition) is 3. The van der Waals surface area contributed by atoms with Crippen molar-refractivity contribution < 1.29 is 17.9 Å². The molecule has 27 heavy (non-hydrogen) atoms. The molecule has 150 valence electrons. The third kappa shape index (κ3) is 5.21. The lowest BCUT2D eigenvalue weighted by molar-refractivity contribution is 0.0951. The van der Waals surface area contributed by atoms with E-state index in [0.717, 1.165) is 51.6 Å². The van der Waals surface area contributed by atoms with E-state index >= 15 is 0 Å². The summed E-state index contributed by atoms with van der Waals surface area (Å²) in [5.74, 6) is 0.572.